The number of fused-ring (bicyclic) bond motifs is 1. The van der Waals surface area contributed by atoms with E-state index in [1.165, 1.54) is 17.5 Å². The third-order valence-corrected chi connectivity index (χ3v) is 3.56. The molecule has 3 heteroatoms. The molecule has 1 aliphatic carbocycles. The molecule has 98 valence electrons. The van der Waals surface area contributed by atoms with E-state index in [1.54, 1.807) is 0 Å². The van der Waals surface area contributed by atoms with Crippen molar-refractivity contribution in [3.05, 3.63) is 35.4 Å². The van der Waals surface area contributed by atoms with E-state index in [0.29, 0.717) is 12.6 Å². The molecular formula is C15H22N2O. The van der Waals surface area contributed by atoms with Crippen molar-refractivity contribution in [1.82, 2.24) is 10.6 Å². The van der Waals surface area contributed by atoms with Crippen molar-refractivity contribution >= 4 is 5.91 Å². The Morgan fingerprint density at radius 1 is 1.44 bits per heavy atom. The van der Waals surface area contributed by atoms with Crippen LogP contribution in [0.5, 0.6) is 0 Å². The molecule has 1 aromatic carbocycles. The molecule has 0 aliphatic heterocycles. The monoisotopic (exact) mass is 246 g/mol. The molecule has 0 saturated carbocycles. The molecule has 0 spiro atoms. The topological polar surface area (TPSA) is 41.1 Å². The van der Waals surface area contributed by atoms with Gasteiger partial charge in [0.15, 0.2) is 0 Å². The van der Waals surface area contributed by atoms with Gasteiger partial charge in [0.1, 0.15) is 0 Å². The second-order valence-electron chi connectivity index (χ2n) is 4.93. The van der Waals surface area contributed by atoms with Crippen LogP contribution in [0.2, 0.25) is 0 Å². The number of benzene rings is 1. The van der Waals surface area contributed by atoms with Gasteiger partial charge in [0, 0.05) is 12.6 Å². The lowest BCUT2D eigenvalue weighted by Crippen LogP contribution is -2.44. The minimum Gasteiger partial charge on any atom is -0.355 e. The van der Waals surface area contributed by atoms with Crippen LogP contribution in [0.15, 0.2) is 24.3 Å². The van der Waals surface area contributed by atoms with Crippen LogP contribution in [0.4, 0.5) is 0 Å². The highest BCUT2D eigenvalue weighted by Gasteiger charge is 2.23. The number of nitrogens with one attached hydrogen (secondary N) is 2. The van der Waals surface area contributed by atoms with Gasteiger partial charge in [-0.2, -0.15) is 0 Å². The first-order chi connectivity index (χ1) is 8.72. The molecule has 0 fully saturated rings. The molecule has 2 rings (SSSR count). The summed E-state index contributed by atoms with van der Waals surface area (Å²) in [5, 5.41) is 6.30. The third kappa shape index (κ3) is 2.91. The molecule has 2 unspecified atom stereocenters. The highest BCUT2D eigenvalue weighted by Crippen LogP contribution is 2.29. The molecule has 2 atom stereocenters. The van der Waals surface area contributed by atoms with Crippen molar-refractivity contribution in [2.24, 2.45) is 0 Å². The van der Waals surface area contributed by atoms with Crippen LogP contribution in [0.25, 0.3) is 0 Å². The number of carbonyl (C=O) groups is 1. The Morgan fingerprint density at radius 2 is 2.22 bits per heavy atom. The normalized spacial score (nSPS) is 20.0. The lowest BCUT2D eigenvalue weighted by Gasteiger charge is -2.28. The first-order valence-electron chi connectivity index (χ1n) is 6.84. The van der Waals surface area contributed by atoms with E-state index in [9.17, 15) is 4.79 Å². The second kappa shape index (κ2) is 6.01. The number of amides is 1. The van der Waals surface area contributed by atoms with Gasteiger partial charge in [-0.25, -0.2) is 0 Å². The van der Waals surface area contributed by atoms with E-state index in [2.05, 4.69) is 34.9 Å². The van der Waals surface area contributed by atoms with Crippen LogP contribution < -0.4 is 10.6 Å². The SMILES string of the molecule is CCNC(=O)C(C)NC1CCCc2ccccc21. The fraction of sp³-hybridized carbons (Fsp3) is 0.533. The summed E-state index contributed by atoms with van der Waals surface area (Å²) in [5.74, 6) is 0.0838. The first-order valence-corrected chi connectivity index (χ1v) is 6.84. The van der Waals surface area contributed by atoms with Gasteiger partial charge in [-0.15, -0.1) is 0 Å². The van der Waals surface area contributed by atoms with Crippen LogP contribution in [0.3, 0.4) is 0 Å². The average Bonchev–Trinajstić information content (AvgIpc) is 2.39. The number of aryl methyl sites for hydroxylation is 1. The van der Waals surface area contributed by atoms with E-state index < -0.39 is 0 Å². The van der Waals surface area contributed by atoms with Gasteiger partial charge in [-0.05, 0) is 44.2 Å². The average molecular weight is 246 g/mol. The molecule has 3 nitrogen and oxygen atoms in total. The van der Waals surface area contributed by atoms with Gasteiger partial charge in [-0.3, -0.25) is 10.1 Å². The summed E-state index contributed by atoms with van der Waals surface area (Å²) in [6.45, 7) is 4.56. The molecule has 1 amide bonds. The summed E-state index contributed by atoms with van der Waals surface area (Å²) in [4.78, 5) is 11.8. The summed E-state index contributed by atoms with van der Waals surface area (Å²) in [6, 6.07) is 8.72. The minimum atomic E-state index is -0.138. The standard InChI is InChI=1S/C15H22N2O/c1-3-16-15(18)11(2)17-14-10-6-8-12-7-4-5-9-13(12)14/h4-5,7,9,11,14,17H,3,6,8,10H2,1-2H3,(H,16,18). The molecule has 0 radical (unpaired) electrons. The summed E-state index contributed by atoms with van der Waals surface area (Å²) < 4.78 is 0. The van der Waals surface area contributed by atoms with E-state index in [1.807, 2.05) is 13.8 Å². The predicted molar refractivity (Wildman–Crippen MR) is 73.4 cm³/mol. The zero-order valence-electron chi connectivity index (χ0n) is 11.2. The summed E-state index contributed by atoms with van der Waals surface area (Å²) in [6.07, 6.45) is 3.46. The number of hydrogen-bond acceptors (Lipinski definition) is 2. The molecule has 1 aliphatic rings. The lowest BCUT2D eigenvalue weighted by atomic mass is 9.87. The quantitative estimate of drug-likeness (QED) is 0.855. The van der Waals surface area contributed by atoms with Gasteiger partial charge in [-0.1, -0.05) is 24.3 Å². The smallest absolute Gasteiger partial charge is 0.236 e. The van der Waals surface area contributed by atoms with Crippen molar-refractivity contribution in [3.8, 4) is 0 Å². The maximum absolute atomic E-state index is 11.8. The number of rotatable bonds is 4. The largest absolute Gasteiger partial charge is 0.355 e. The number of carbonyl (C=O) groups excluding carboxylic acids is 1. The first kappa shape index (κ1) is 13.1. The highest BCUT2D eigenvalue weighted by atomic mass is 16.2. The molecule has 0 bridgehead atoms. The molecule has 18 heavy (non-hydrogen) atoms. The van der Waals surface area contributed by atoms with E-state index in [4.69, 9.17) is 0 Å². The van der Waals surface area contributed by atoms with Crippen molar-refractivity contribution in [1.29, 1.82) is 0 Å². The van der Waals surface area contributed by atoms with Gasteiger partial charge in [0.05, 0.1) is 6.04 Å². The molecule has 1 aromatic rings. The van der Waals surface area contributed by atoms with Crippen molar-refractivity contribution < 1.29 is 4.79 Å². The zero-order valence-corrected chi connectivity index (χ0v) is 11.2. The Balaban J connectivity index is 2.05. The Hall–Kier alpha value is -1.35. The number of likely N-dealkylation sites (N-methyl/N-ethyl adjacent to an activating group) is 1. The Morgan fingerprint density at radius 3 is 3.00 bits per heavy atom. The van der Waals surface area contributed by atoms with Crippen LogP contribution in [-0.4, -0.2) is 18.5 Å². The summed E-state index contributed by atoms with van der Waals surface area (Å²) in [5.41, 5.74) is 2.78. The van der Waals surface area contributed by atoms with Crippen LogP contribution in [-0.2, 0) is 11.2 Å². The third-order valence-electron chi connectivity index (χ3n) is 3.56. The van der Waals surface area contributed by atoms with Crippen LogP contribution in [0.1, 0.15) is 43.9 Å². The molecule has 0 heterocycles. The van der Waals surface area contributed by atoms with Crippen LogP contribution >= 0.6 is 0 Å². The van der Waals surface area contributed by atoms with Gasteiger partial charge < -0.3 is 5.32 Å². The Labute approximate surface area is 109 Å². The van der Waals surface area contributed by atoms with Gasteiger partial charge in [0.25, 0.3) is 0 Å². The fourth-order valence-electron chi connectivity index (χ4n) is 2.63. The second-order valence-corrected chi connectivity index (χ2v) is 4.93. The maximum atomic E-state index is 11.8. The fourth-order valence-corrected chi connectivity index (χ4v) is 2.63. The van der Waals surface area contributed by atoms with Crippen molar-refractivity contribution in [2.45, 2.75) is 45.2 Å². The highest BCUT2D eigenvalue weighted by molar-refractivity contribution is 5.81. The zero-order chi connectivity index (χ0) is 13.0. The van der Waals surface area contributed by atoms with Crippen LogP contribution in [0, 0.1) is 0 Å². The molecular weight excluding hydrogens is 224 g/mol. The molecule has 2 N–H and O–H groups in total. The maximum Gasteiger partial charge on any atom is 0.236 e. The summed E-state index contributed by atoms with van der Waals surface area (Å²) >= 11 is 0. The van der Waals surface area contributed by atoms with Crippen molar-refractivity contribution in [2.75, 3.05) is 6.54 Å². The van der Waals surface area contributed by atoms with E-state index in [0.717, 1.165) is 12.8 Å². The van der Waals surface area contributed by atoms with Gasteiger partial charge >= 0.3 is 0 Å². The van der Waals surface area contributed by atoms with E-state index in [-0.39, 0.29) is 11.9 Å². The molecule has 0 aromatic heterocycles. The van der Waals surface area contributed by atoms with Crippen molar-refractivity contribution in [3.63, 3.8) is 0 Å². The number of hydrogen-bond donors (Lipinski definition) is 2. The van der Waals surface area contributed by atoms with Gasteiger partial charge in [0.2, 0.25) is 5.91 Å². The molecule has 0 saturated heterocycles. The Bertz CT molecular complexity index is 417. The minimum absolute atomic E-state index is 0.0838. The summed E-state index contributed by atoms with van der Waals surface area (Å²) in [7, 11) is 0. The predicted octanol–water partition coefficient (Wildman–Crippen LogP) is 2.18. The lowest BCUT2D eigenvalue weighted by molar-refractivity contribution is -0.122. The Kier molecular flexibility index (Phi) is 4.37. The van der Waals surface area contributed by atoms with E-state index >= 15 is 0 Å².